The van der Waals surface area contributed by atoms with Gasteiger partial charge in [-0.3, -0.25) is 15.1 Å². The van der Waals surface area contributed by atoms with E-state index in [4.69, 9.17) is 5.41 Å². The molecule has 4 nitrogen and oxygen atoms in total. The van der Waals surface area contributed by atoms with Crippen molar-refractivity contribution in [3.05, 3.63) is 70.5 Å². The van der Waals surface area contributed by atoms with Gasteiger partial charge in [0.05, 0.1) is 17.1 Å². The van der Waals surface area contributed by atoms with Gasteiger partial charge in [0.25, 0.3) is 5.91 Å². The maximum absolute atomic E-state index is 12.6. The summed E-state index contributed by atoms with van der Waals surface area (Å²) in [5.74, 6) is -0.103. The molecule has 0 atom stereocenters. The number of carbonyl (C=O) groups excluding carboxylic acids is 1. The van der Waals surface area contributed by atoms with Crippen LogP contribution in [0.2, 0.25) is 0 Å². The first-order valence-corrected chi connectivity index (χ1v) is 9.51. The zero-order valence-corrected chi connectivity index (χ0v) is 15.7. The minimum atomic E-state index is -0.103. The Morgan fingerprint density at radius 3 is 2.52 bits per heavy atom. The van der Waals surface area contributed by atoms with Crippen molar-refractivity contribution in [1.82, 2.24) is 4.90 Å². The highest BCUT2D eigenvalue weighted by Crippen LogP contribution is 2.36. The van der Waals surface area contributed by atoms with Crippen molar-refractivity contribution in [2.24, 2.45) is 0 Å². The van der Waals surface area contributed by atoms with Crippen LogP contribution < -0.4 is 4.90 Å². The molecular formula is C19H19N3OS2. The van der Waals surface area contributed by atoms with Crippen LogP contribution in [-0.4, -0.2) is 30.1 Å². The summed E-state index contributed by atoms with van der Waals surface area (Å²) in [7, 11) is 4.00. The molecular weight excluding hydrogens is 350 g/mol. The standard InChI is InChI=1S/C19H19N3OS2/c1-21(2)15-10-6-7-11-16(15)24-13-17-18(23)22(19(20)25-17)12-14-8-4-3-5-9-14/h3-11,13,20H,12H2,1-2H3/b17-13-,20-19?. The second kappa shape index (κ2) is 7.80. The van der Waals surface area contributed by atoms with Crippen LogP contribution >= 0.6 is 23.5 Å². The number of anilines is 1. The third-order valence-corrected chi connectivity index (χ3v) is 5.76. The molecule has 0 aliphatic carbocycles. The molecule has 3 rings (SSSR count). The molecule has 128 valence electrons. The van der Waals surface area contributed by atoms with E-state index in [2.05, 4.69) is 0 Å². The highest BCUT2D eigenvalue weighted by Gasteiger charge is 2.32. The van der Waals surface area contributed by atoms with Crippen molar-refractivity contribution in [3.63, 3.8) is 0 Å². The van der Waals surface area contributed by atoms with Crippen LogP contribution in [0.5, 0.6) is 0 Å². The molecule has 1 aliphatic heterocycles. The second-order valence-corrected chi connectivity index (χ2v) is 7.69. The number of nitrogens with one attached hydrogen (secondary N) is 1. The molecule has 2 aromatic rings. The van der Waals surface area contributed by atoms with Crippen molar-refractivity contribution in [1.29, 1.82) is 5.41 Å². The Hall–Kier alpha value is -2.18. The molecule has 0 saturated carbocycles. The van der Waals surface area contributed by atoms with E-state index in [1.54, 1.807) is 0 Å². The van der Waals surface area contributed by atoms with Crippen molar-refractivity contribution in [2.45, 2.75) is 11.4 Å². The third-order valence-electron chi connectivity index (χ3n) is 3.73. The highest BCUT2D eigenvalue weighted by molar-refractivity contribution is 8.19. The van der Waals surface area contributed by atoms with Crippen molar-refractivity contribution in [2.75, 3.05) is 19.0 Å². The summed E-state index contributed by atoms with van der Waals surface area (Å²) in [6.45, 7) is 0.432. The van der Waals surface area contributed by atoms with Crippen LogP contribution in [-0.2, 0) is 11.3 Å². The lowest BCUT2D eigenvalue weighted by atomic mass is 10.2. The molecule has 0 radical (unpaired) electrons. The first-order valence-electron chi connectivity index (χ1n) is 7.81. The molecule has 1 aliphatic rings. The molecule has 0 unspecified atom stereocenters. The summed E-state index contributed by atoms with van der Waals surface area (Å²) in [4.78, 5) is 17.9. The molecule has 0 aromatic heterocycles. The normalized spacial score (nSPS) is 15.9. The number of amides is 1. The van der Waals surface area contributed by atoms with Gasteiger partial charge in [-0.2, -0.15) is 0 Å². The Kier molecular flexibility index (Phi) is 5.50. The summed E-state index contributed by atoms with van der Waals surface area (Å²) in [6.07, 6.45) is 0. The number of para-hydroxylation sites is 1. The second-order valence-electron chi connectivity index (χ2n) is 5.75. The first-order chi connectivity index (χ1) is 12.1. The number of benzene rings is 2. The first kappa shape index (κ1) is 17.6. The van der Waals surface area contributed by atoms with E-state index in [-0.39, 0.29) is 11.1 Å². The van der Waals surface area contributed by atoms with Crippen molar-refractivity contribution in [3.8, 4) is 0 Å². The van der Waals surface area contributed by atoms with Gasteiger partial charge in [0, 0.05) is 19.0 Å². The van der Waals surface area contributed by atoms with Crippen LogP contribution in [0.4, 0.5) is 5.69 Å². The predicted molar refractivity (Wildman–Crippen MR) is 107 cm³/mol. The number of carbonyl (C=O) groups is 1. The zero-order chi connectivity index (χ0) is 17.8. The molecule has 1 fully saturated rings. The average molecular weight is 370 g/mol. The largest absolute Gasteiger partial charge is 0.377 e. The smallest absolute Gasteiger partial charge is 0.267 e. The SMILES string of the molecule is CN(C)c1ccccc1S/C=C1\SC(=N)N(Cc2ccccc2)C1=O. The topological polar surface area (TPSA) is 47.4 Å². The zero-order valence-electron chi connectivity index (χ0n) is 14.1. The van der Waals surface area contributed by atoms with Gasteiger partial charge in [-0.1, -0.05) is 54.2 Å². The average Bonchev–Trinajstić information content (AvgIpc) is 2.88. The number of amidine groups is 1. The van der Waals surface area contributed by atoms with Crippen LogP contribution in [0.3, 0.4) is 0 Å². The molecule has 6 heteroatoms. The van der Waals surface area contributed by atoms with Crippen molar-refractivity contribution < 1.29 is 4.79 Å². The van der Waals surface area contributed by atoms with Crippen LogP contribution in [0.15, 0.2) is 69.8 Å². The van der Waals surface area contributed by atoms with Crippen LogP contribution in [0, 0.1) is 5.41 Å². The Morgan fingerprint density at radius 1 is 1.12 bits per heavy atom. The Balaban J connectivity index is 1.75. The lowest BCUT2D eigenvalue weighted by Crippen LogP contribution is -2.27. The molecule has 1 saturated heterocycles. The molecule has 0 spiro atoms. The maximum atomic E-state index is 12.6. The molecule has 0 bridgehead atoms. The van der Waals surface area contributed by atoms with Gasteiger partial charge in [0.2, 0.25) is 0 Å². The van der Waals surface area contributed by atoms with Gasteiger partial charge in [-0.15, -0.1) is 0 Å². The van der Waals surface area contributed by atoms with Gasteiger partial charge < -0.3 is 4.90 Å². The number of hydrogen-bond donors (Lipinski definition) is 1. The van der Waals surface area contributed by atoms with Crippen LogP contribution in [0.1, 0.15) is 5.56 Å². The third kappa shape index (κ3) is 4.08. The summed E-state index contributed by atoms with van der Waals surface area (Å²) in [5.41, 5.74) is 2.13. The summed E-state index contributed by atoms with van der Waals surface area (Å²) < 4.78 is 0. The molecule has 25 heavy (non-hydrogen) atoms. The predicted octanol–water partition coefficient (Wildman–Crippen LogP) is 4.40. The fourth-order valence-electron chi connectivity index (χ4n) is 2.46. The number of rotatable bonds is 5. The number of hydrogen-bond acceptors (Lipinski definition) is 5. The maximum Gasteiger partial charge on any atom is 0.267 e. The lowest BCUT2D eigenvalue weighted by molar-refractivity contribution is -0.122. The monoisotopic (exact) mass is 369 g/mol. The van der Waals surface area contributed by atoms with E-state index in [9.17, 15) is 4.79 Å². The number of nitrogens with zero attached hydrogens (tertiary/aromatic N) is 2. The van der Waals surface area contributed by atoms with E-state index in [1.807, 2.05) is 79.0 Å². The van der Waals surface area contributed by atoms with Gasteiger partial charge >= 0.3 is 0 Å². The van der Waals surface area contributed by atoms with E-state index in [0.29, 0.717) is 11.4 Å². The summed E-state index contributed by atoms with van der Waals surface area (Å²) in [5, 5.41) is 10.3. The Bertz CT molecular complexity index is 818. The van der Waals surface area contributed by atoms with E-state index >= 15 is 0 Å². The van der Waals surface area contributed by atoms with Crippen molar-refractivity contribution >= 4 is 40.3 Å². The van der Waals surface area contributed by atoms with Gasteiger partial charge in [-0.25, -0.2) is 0 Å². The fourth-order valence-corrected chi connectivity index (χ4v) is 4.32. The summed E-state index contributed by atoms with van der Waals surface area (Å²) >= 11 is 2.74. The molecule has 1 N–H and O–H groups in total. The molecule has 1 heterocycles. The van der Waals surface area contributed by atoms with E-state index in [1.165, 1.54) is 28.4 Å². The Labute approximate surface area is 156 Å². The fraction of sp³-hybridized carbons (Fsp3) is 0.158. The van der Waals surface area contributed by atoms with E-state index < -0.39 is 0 Å². The summed E-state index contributed by atoms with van der Waals surface area (Å²) in [6, 6.07) is 17.8. The quantitative estimate of drug-likeness (QED) is 0.627. The lowest BCUT2D eigenvalue weighted by Gasteiger charge is -2.16. The number of thioether (sulfide) groups is 2. The van der Waals surface area contributed by atoms with Gasteiger partial charge in [-0.05, 0) is 34.9 Å². The van der Waals surface area contributed by atoms with Gasteiger partial charge in [0.1, 0.15) is 0 Å². The Morgan fingerprint density at radius 2 is 1.80 bits per heavy atom. The van der Waals surface area contributed by atoms with Gasteiger partial charge in [0.15, 0.2) is 5.17 Å². The minimum Gasteiger partial charge on any atom is -0.377 e. The van der Waals surface area contributed by atoms with E-state index in [0.717, 1.165) is 16.1 Å². The van der Waals surface area contributed by atoms with Crippen LogP contribution in [0.25, 0.3) is 0 Å². The highest BCUT2D eigenvalue weighted by atomic mass is 32.2. The molecule has 1 amide bonds. The minimum absolute atomic E-state index is 0.103. The molecule has 2 aromatic carbocycles.